The Hall–Kier alpha value is -1.72. The fraction of sp³-hybridized carbons (Fsp3) is 0.722. The standard InChI is InChI=1S/C18H29N9.HI/c1-13-24-25-17(26(13)2)10-19-18(22-14-6-4-3-5-7-14)23-15-8-9-16-20-12-21-27(16)11-15;/h12,14-15H,3-11H2,1-2H3,(H2,19,22,23);1H. The van der Waals surface area contributed by atoms with Gasteiger partial charge in [0.1, 0.15) is 24.5 Å². The Labute approximate surface area is 182 Å². The van der Waals surface area contributed by atoms with Crippen LogP contribution in [-0.2, 0) is 26.6 Å². The van der Waals surface area contributed by atoms with Crippen LogP contribution in [0.4, 0.5) is 0 Å². The van der Waals surface area contributed by atoms with Crippen LogP contribution >= 0.6 is 24.0 Å². The normalized spacial score (nSPS) is 20.4. The Bertz CT molecular complexity index is 791. The van der Waals surface area contributed by atoms with Crippen LogP contribution in [0.1, 0.15) is 56.0 Å². The molecule has 1 saturated carbocycles. The highest BCUT2D eigenvalue weighted by Crippen LogP contribution is 2.17. The summed E-state index contributed by atoms with van der Waals surface area (Å²) in [7, 11) is 1.98. The zero-order chi connectivity index (χ0) is 18.6. The van der Waals surface area contributed by atoms with Gasteiger partial charge in [0, 0.05) is 25.6 Å². The highest BCUT2D eigenvalue weighted by molar-refractivity contribution is 14.0. The number of hydrogen-bond donors (Lipinski definition) is 2. The van der Waals surface area contributed by atoms with Crippen molar-refractivity contribution >= 4 is 29.9 Å². The van der Waals surface area contributed by atoms with Gasteiger partial charge in [-0.05, 0) is 26.2 Å². The largest absolute Gasteiger partial charge is 0.354 e. The van der Waals surface area contributed by atoms with Crippen LogP contribution in [0.15, 0.2) is 11.3 Å². The molecule has 0 aromatic carbocycles. The number of rotatable bonds is 4. The second kappa shape index (κ2) is 9.66. The van der Waals surface area contributed by atoms with Crippen molar-refractivity contribution in [1.29, 1.82) is 0 Å². The molecule has 0 radical (unpaired) electrons. The number of guanidine groups is 1. The maximum atomic E-state index is 4.83. The summed E-state index contributed by atoms with van der Waals surface area (Å²) in [5.41, 5.74) is 0. The van der Waals surface area contributed by atoms with Gasteiger partial charge in [-0.2, -0.15) is 5.10 Å². The minimum absolute atomic E-state index is 0. The van der Waals surface area contributed by atoms with Gasteiger partial charge in [-0.15, -0.1) is 34.2 Å². The van der Waals surface area contributed by atoms with Crippen molar-refractivity contribution < 1.29 is 0 Å². The molecule has 2 N–H and O–H groups in total. The predicted molar refractivity (Wildman–Crippen MR) is 118 cm³/mol. The van der Waals surface area contributed by atoms with Crippen LogP contribution in [0.3, 0.4) is 0 Å². The summed E-state index contributed by atoms with van der Waals surface area (Å²) in [4.78, 5) is 9.14. The van der Waals surface area contributed by atoms with Gasteiger partial charge in [0.15, 0.2) is 11.8 Å². The SMILES string of the molecule is Cc1nnc(CN=C(NC2CCCCC2)NC2CCc3ncnn3C2)n1C.I. The van der Waals surface area contributed by atoms with Crippen LogP contribution in [0.5, 0.6) is 0 Å². The maximum absolute atomic E-state index is 4.83. The van der Waals surface area contributed by atoms with Crippen molar-refractivity contribution in [2.45, 2.75) is 77.0 Å². The second-order valence-electron chi connectivity index (χ2n) is 7.60. The molecule has 2 aromatic rings. The van der Waals surface area contributed by atoms with E-state index in [0.717, 1.165) is 42.8 Å². The second-order valence-corrected chi connectivity index (χ2v) is 7.60. The first-order valence-corrected chi connectivity index (χ1v) is 9.98. The van der Waals surface area contributed by atoms with E-state index in [1.165, 1.54) is 32.1 Å². The molecule has 0 amide bonds. The van der Waals surface area contributed by atoms with Gasteiger partial charge in [0.05, 0.1) is 6.54 Å². The average molecular weight is 499 g/mol. The number of aryl methyl sites for hydroxylation is 2. The first-order chi connectivity index (χ1) is 13.2. The third kappa shape index (κ3) is 5.00. The van der Waals surface area contributed by atoms with Gasteiger partial charge in [-0.1, -0.05) is 19.3 Å². The fourth-order valence-electron chi connectivity index (χ4n) is 3.86. The van der Waals surface area contributed by atoms with Gasteiger partial charge >= 0.3 is 0 Å². The quantitative estimate of drug-likeness (QED) is 0.378. The summed E-state index contributed by atoms with van der Waals surface area (Å²) < 4.78 is 3.98. The van der Waals surface area contributed by atoms with Gasteiger partial charge in [-0.25, -0.2) is 14.7 Å². The molecule has 28 heavy (non-hydrogen) atoms. The molecule has 1 aliphatic carbocycles. The molecule has 154 valence electrons. The third-order valence-corrected chi connectivity index (χ3v) is 5.65. The number of hydrogen-bond acceptors (Lipinski definition) is 5. The molecule has 2 aliphatic rings. The number of fused-ring (bicyclic) bond motifs is 1. The first-order valence-electron chi connectivity index (χ1n) is 9.98. The summed E-state index contributed by atoms with van der Waals surface area (Å²) in [6.07, 6.45) is 9.96. The summed E-state index contributed by atoms with van der Waals surface area (Å²) >= 11 is 0. The Balaban J connectivity index is 0.00000225. The lowest BCUT2D eigenvalue weighted by Gasteiger charge is -2.29. The summed E-state index contributed by atoms with van der Waals surface area (Å²) in [5.74, 6) is 3.72. The number of halogens is 1. The molecule has 1 unspecified atom stereocenters. The molecule has 0 bridgehead atoms. The lowest BCUT2D eigenvalue weighted by Crippen LogP contribution is -2.50. The van der Waals surface area contributed by atoms with Crippen molar-refractivity contribution in [2.75, 3.05) is 0 Å². The van der Waals surface area contributed by atoms with E-state index in [-0.39, 0.29) is 24.0 Å². The van der Waals surface area contributed by atoms with Crippen molar-refractivity contribution in [2.24, 2.45) is 12.0 Å². The van der Waals surface area contributed by atoms with Gasteiger partial charge < -0.3 is 15.2 Å². The fourth-order valence-corrected chi connectivity index (χ4v) is 3.86. The predicted octanol–water partition coefficient (Wildman–Crippen LogP) is 1.72. The van der Waals surface area contributed by atoms with Crippen LogP contribution in [0, 0.1) is 6.92 Å². The van der Waals surface area contributed by atoms with Crippen LogP contribution < -0.4 is 10.6 Å². The number of nitrogens with zero attached hydrogens (tertiary/aromatic N) is 7. The molecule has 0 saturated heterocycles. The van der Waals surface area contributed by atoms with E-state index in [1.54, 1.807) is 6.33 Å². The number of aromatic nitrogens is 6. The molecule has 1 atom stereocenters. The van der Waals surface area contributed by atoms with Crippen LogP contribution in [-0.4, -0.2) is 47.6 Å². The van der Waals surface area contributed by atoms with Gasteiger partial charge in [0.2, 0.25) is 0 Å². The summed E-state index contributed by atoms with van der Waals surface area (Å²) in [6, 6.07) is 0.798. The number of aliphatic imine (C=N–C) groups is 1. The van der Waals surface area contributed by atoms with Crippen molar-refractivity contribution in [3.8, 4) is 0 Å². The van der Waals surface area contributed by atoms with E-state index in [1.807, 2.05) is 23.2 Å². The van der Waals surface area contributed by atoms with E-state index in [4.69, 9.17) is 4.99 Å². The molecule has 4 rings (SSSR count). The highest BCUT2D eigenvalue weighted by atomic mass is 127. The van der Waals surface area contributed by atoms with E-state index >= 15 is 0 Å². The number of nitrogens with one attached hydrogen (secondary N) is 2. The monoisotopic (exact) mass is 499 g/mol. The van der Waals surface area contributed by atoms with Crippen molar-refractivity contribution in [1.82, 2.24) is 40.2 Å². The van der Waals surface area contributed by atoms with Crippen molar-refractivity contribution in [3.05, 3.63) is 23.8 Å². The Morgan fingerprint density at radius 3 is 2.68 bits per heavy atom. The molecule has 9 nitrogen and oxygen atoms in total. The first kappa shape index (κ1) is 21.0. The Kier molecular flexibility index (Phi) is 7.24. The topological polar surface area (TPSA) is 97.8 Å². The zero-order valence-electron chi connectivity index (χ0n) is 16.6. The van der Waals surface area contributed by atoms with E-state index in [0.29, 0.717) is 18.6 Å². The molecular formula is C18H30IN9. The van der Waals surface area contributed by atoms with E-state index in [9.17, 15) is 0 Å². The molecule has 1 aliphatic heterocycles. The maximum Gasteiger partial charge on any atom is 0.192 e. The van der Waals surface area contributed by atoms with E-state index in [2.05, 4.69) is 30.9 Å². The minimum Gasteiger partial charge on any atom is -0.354 e. The lowest BCUT2D eigenvalue weighted by atomic mass is 9.96. The molecule has 3 heterocycles. The molecule has 10 heteroatoms. The Morgan fingerprint density at radius 1 is 1.14 bits per heavy atom. The smallest absolute Gasteiger partial charge is 0.192 e. The lowest BCUT2D eigenvalue weighted by molar-refractivity contribution is 0.379. The zero-order valence-corrected chi connectivity index (χ0v) is 19.0. The molecule has 1 fully saturated rings. The van der Waals surface area contributed by atoms with Crippen LogP contribution in [0.25, 0.3) is 0 Å². The molecule has 0 spiro atoms. The summed E-state index contributed by atoms with van der Waals surface area (Å²) in [6.45, 7) is 3.29. The highest BCUT2D eigenvalue weighted by Gasteiger charge is 2.22. The average Bonchev–Trinajstić information content (AvgIpc) is 3.27. The van der Waals surface area contributed by atoms with Gasteiger partial charge in [0.25, 0.3) is 0 Å². The third-order valence-electron chi connectivity index (χ3n) is 5.65. The molecule has 2 aromatic heterocycles. The van der Waals surface area contributed by atoms with Gasteiger partial charge in [-0.3, -0.25) is 0 Å². The van der Waals surface area contributed by atoms with Crippen molar-refractivity contribution in [3.63, 3.8) is 0 Å². The Morgan fingerprint density at radius 2 is 1.93 bits per heavy atom. The summed E-state index contributed by atoms with van der Waals surface area (Å²) in [5, 5.41) is 20.0. The molecular weight excluding hydrogens is 469 g/mol. The van der Waals surface area contributed by atoms with E-state index < -0.39 is 0 Å². The van der Waals surface area contributed by atoms with Crippen LogP contribution in [0.2, 0.25) is 0 Å². The minimum atomic E-state index is 0.